The maximum absolute atomic E-state index is 4.41. The molecule has 1 unspecified atom stereocenters. The number of nitrogens with zero attached hydrogens (tertiary/aromatic N) is 4. The van der Waals surface area contributed by atoms with Crippen molar-refractivity contribution in [3.63, 3.8) is 0 Å². The number of hydrogen-bond donors (Lipinski definition) is 1. The molecular formula is C17H30BrN5. The zero-order valence-corrected chi connectivity index (χ0v) is 16.4. The Morgan fingerprint density at radius 2 is 2.26 bits per heavy atom. The molecule has 5 nitrogen and oxygen atoms in total. The normalized spacial score (nSPS) is 19.9. The minimum atomic E-state index is 0.714. The molecule has 1 aromatic rings. The standard InChI is InChI=1S/C17H30BrN5/c1-14-7-5-6-9-23(14)10-8-20-17(19-2)22(4)13-16-11-15(18)12-21(16)3/h11-12,14H,5-10,13H2,1-4H3,(H,19,20). The minimum absolute atomic E-state index is 0.714. The topological polar surface area (TPSA) is 35.8 Å². The van der Waals surface area contributed by atoms with E-state index in [-0.39, 0.29) is 0 Å². The van der Waals surface area contributed by atoms with Crippen LogP contribution in [0.1, 0.15) is 31.9 Å². The second-order valence-corrected chi connectivity index (χ2v) is 7.39. The van der Waals surface area contributed by atoms with E-state index in [1.807, 2.05) is 7.05 Å². The van der Waals surface area contributed by atoms with Gasteiger partial charge in [0.2, 0.25) is 0 Å². The summed E-state index contributed by atoms with van der Waals surface area (Å²) in [5, 5.41) is 3.50. The Balaban J connectivity index is 1.81. The first-order chi connectivity index (χ1) is 11.0. The average Bonchev–Trinajstić information content (AvgIpc) is 2.83. The third-order valence-corrected chi connectivity index (χ3v) is 5.10. The Bertz CT molecular complexity index is 525. The lowest BCUT2D eigenvalue weighted by atomic mass is 10.0. The van der Waals surface area contributed by atoms with Gasteiger partial charge in [-0.25, -0.2) is 0 Å². The van der Waals surface area contributed by atoms with Gasteiger partial charge in [-0.05, 0) is 48.3 Å². The van der Waals surface area contributed by atoms with Crippen molar-refractivity contribution in [2.45, 2.75) is 38.8 Å². The predicted octanol–water partition coefficient (Wildman–Crippen LogP) is 2.67. The second kappa shape index (κ2) is 8.73. The first-order valence-electron chi connectivity index (χ1n) is 8.48. The molecule has 1 N–H and O–H groups in total. The molecule has 0 saturated carbocycles. The fourth-order valence-corrected chi connectivity index (χ4v) is 3.80. The number of guanidine groups is 1. The molecule has 1 atom stereocenters. The SMILES string of the molecule is CN=C(NCCN1CCCCC1C)N(C)Cc1cc(Br)cn1C. The van der Waals surface area contributed by atoms with Gasteiger partial charge in [0.25, 0.3) is 0 Å². The highest BCUT2D eigenvalue weighted by atomic mass is 79.9. The van der Waals surface area contributed by atoms with Crippen molar-refractivity contribution < 1.29 is 0 Å². The van der Waals surface area contributed by atoms with Crippen molar-refractivity contribution in [1.29, 1.82) is 0 Å². The number of hydrogen-bond acceptors (Lipinski definition) is 2. The van der Waals surface area contributed by atoms with Crippen LogP contribution in [0.25, 0.3) is 0 Å². The summed E-state index contributed by atoms with van der Waals surface area (Å²) in [5.41, 5.74) is 1.26. The number of aryl methyl sites for hydroxylation is 1. The maximum atomic E-state index is 4.41. The van der Waals surface area contributed by atoms with Crippen LogP contribution in [0, 0.1) is 0 Å². The highest BCUT2D eigenvalue weighted by molar-refractivity contribution is 9.10. The Morgan fingerprint density at radius 3 is 2.87 bits per heavy atom. The molecule has 2 heterocycles. The third kappa shape index (κ3) is 5.24. The van der Waals surface area contributed by atoms with Gasteiger partial charge < -0.3 is 14.8 Å². The van der Waals surface area contributed by atoms with Crippen LogP contribution in [0.5, 0.6) is 0 Å². The van der Waals surface area contributed by atoms with Crippen molar-refractivity contribution in [2.24, 2.45) is 12.0 Å². The lowest BCUT2D eigenvalue weighted by Gasteiger charge is -2.33. The molecule has 0 aliphatic carbocycles. The van der Waals surface area contributed by atoms with Crippen LogP contribution in [0.15, 0.2) is 21.7 Å². The van der Waals surface area contributed by atoms with E-state index in [9.17, 15) is 0 Å². The molecule has 0 amide bonds. The van der Waals surface area contributed by atoms with Crippen LogP contribution >= 0.6 is 15.9 Å². The smallest absolute Gasteiger partial charge is 0.193 e. The lowest BCUT2D eigenvalue weighted by Crippen LogP contribution is -2.45. The van der Waals surface area contributed by atoms with E-state index in [2.05, 4.69) is 73.9 Å². The largest absolute Gasteiger partial charge is 0.355 e. The molecule has 0 spiro atoms. The molecule has 0 aromatic carbocycles. The molecule has 0 bridgehead atoms. The molecule has 1 fully saturated rings. The summed E-state index contributed by atoms with van der Waals surface area (Å²) >= 11 is 3.53. The quantitative estimate of drug-likeness (QED) is 0.626. The number of nitrogens with one attached hydrogen (secondary N) is 1. The van der Waals surface area contributed by atoms with Gasteiger partial charge in [0.15, 0.2) is 5.96 Å². The summed E-state index contributed by atoms with van der Waals surface area (Å²) in [7, 11) is 6.00. The van der Waals surface area contributed by atoms with E-state index in [1.54, 1.807) is 0 Å². The van der Waals surface area contributed by atoms with Crippen LogP contribution in [0.4, 0.5) is 0 Å². The zero-order valence-electron chi connectivity index (χ0n) is 14.8. The number of aromatic nitrogens is 1. The molecule has 1 aromatic heterocycles. The first-order valence-corrected chi connectivity index (χ1v) is 9.27. The first kappa shape index (κ1) is 18.3. The fraction of sp³-hybridized carbons (Fsp3) is 0.706. The summed E-state index contributed by atoms with van der Waals surface area (Å²) in [6.07, 6.45) is 6.12. The van der Waals surface area contributed by atoms with Crippen LogP contribution < -0.4 is 5.32 Å². The van der Waals surface area contributed by atoms with Gasteiger partial charge in [-0.3, -0.25) is 9.89 Å². The summed E-state index contributed by atoms with van der Waals surface area (Å²) in [4.78, 5) is 9.16. The molecule has 1 aliphatic rings. The molecular weight excluding hydrogens is 354 g/mol. The number of aliphatic imine (C=N–C) groups is 1. The van der Waals surface area contributed by atoms with Gasteiger partial charge in [0.05, 0.1) is 6.54 Å². The molecule has 6 heteroatoms. The molecule has 23 heavy (non-hydrogen) atoms. The Labute approximate surface area is 148 Å². The Hall–Kier alpha value is -1.01. The Morgan fingerprint density at radius 1 is 1.48 bits per heavy atom. The van der Waals surface area contributed by atoms with Crippen molar-refractivity contribution in [2.75, 3.05) is 33.7 Å². The highest BCUT2D eigenvalue weighted by Gasteiger charge is 2.17. The van der Waals surface area contributed by atoms with Crippen LogP contribution in [0.2, 0.25) is 0 Å². The number of likely N-dealkylation sites (tertiary alicyclic amines) is 1. The van der Waals surface area contributed by atoms with Gasteiger partial charge in [0.1, 0.15) is 0 Å². The van der Waals surface area contributed by atoms with E-state index in [0.717, 1.165) is 30.1 Å². The van der Waals surface area contributed by atoms with Crippen molar-refractivity contribution in [3.8, 4) is 0 Å². The molecule has 2 rings (SSSR count). The number of piperidine rings is 1. The van der Waals surface area contributed by atoms with Crippen molar-refractivity contribution in [3.05, 3.63) is 22.4 Å². The van der Waals surface area contributed by atoms with Crippen molar-refractivity contribution >= 4 is 21.9 Å². The number of rotatable bonds is 5. The minimum Gasteiger partial charge on any atom is -0.355 e. The van der Waals surface area contributed by atoms with E-state index >= 15 is 0 Å². The lowest BCUT2D eigenvalue weighted by molar-refractivity contribution is 0.163. The summed E-state index contributed by atoms with van der Waals surface area (Å²) in [5.74, 6) is 0.951. The molecule has 130 valence electrons. The second-order valence-electron chi connectivity index (χ2n) is 6.47. The Kier molecular flexibility index (Phi) is 6.96. The summed E-state index contributed by atoms with van der Waals surface area (Å²) in [6, 6.07) is 2.87. The third-order valence-electron chi connectivity index (χ3n) is 4.67. The van der Waals surface area contributed by atoms with Crippen LogP contribution in [-0.4, -0.2) is 60.1 Å². The average molecular weight is 384 g/mol. The van der Waals surface area contributed by atoms with E-state index in [4.69, 9.17) is 0 Å². The van der Waals surface area contributed by atoms with Gasteiger partial charge in [0, 0.05) is 56.6 Å². The van der Waals surface area contributed by atoms with E-state index in [0.29, 0.717) is 6.04 Å². The summed E-state index contributed by atoms with van der Waals surface area (Å²) in [6.45, 7) is 6.44. The van der Waals surface area contributed by atoms with Crippen LogP contribution in [-0.2, 0) is 13.6 Å². The van der Waals surface area contributed by atoms with Gasteiger partial charge in [-0.1, -0.05) is 6.42 Å². The zero-order chi connectivity index (χ0) is 16.8. The van der Waals surface area contributed by atoms with E-state index < -0.39 is 0 Å². The van der Waals surface area contributed by atoms with Gasteiger partial charge >= 0.3 is 0 Å². The van der Waals surface area contributed by atoms with Crippen molar-refractivity contribution in [1.82, 2.24) is 19.7 Å². The monoisotopic (exact) mass is 383 g/mol. The maximum Gasteiger partial charge on any atom is 0.193 e. The predicted molar refractivity (Wildman–Crippen MR) is 101 cm³/mol. The van der Waals surface area contributed by atoms with Gasteiger partial charge in [-0.2, -0.15) is 0 Å². The van der Waals surface area contributed by atoms with Crippen LogP contribution in [0.3, 0.4) is 0 Å². The number of halogens is 1. The van der Waals surface area contributed by atoms with Gasteiger partial charge in [-0.15, -0.1) is 0 Å². The summed E-state index contributed by atoms with van der Waals surface area (Å²) < 4.78 is 3.26. The molecule has 1 saturated heterocycles. The molecule has 0 radical (unpaired) electrons. The highest BCUT2D eigenvalue weighted by Crippen LogP contribution is 2.16. The molecule has 1 aliphatic heterocycles. The van der Waals surface area contributed by atoms with E-state index in [1.165, 1.54) is 31.5 Å². The fourth-order valence-electron chi connectivity index (χ4n) is 3.23.